The lowest BCUT2D eigenvalue weighted by molar-refractivity contribution is -0.134. The monoisotopic (exact) mass is 287 g/mol. The van der Waals surface area contributed by atoms with E-state index in [1.54, 1.807) is 18.2 Å². The van der Waals surface area contributed by atoms with Gasteiger partial charge in [-0.3, -0.25) is 4.79 Å². The molecule has 1 saturated heterocycles. The molecule has 5 heteroatoms. The van der Waals surface area contributed by atoms with Crippen LogP contribution >= 0.6 is 0 Å². The van der Waals surface area contributed by atoms with E-state index in [1.165, 1.54) is 13.2 Å². The maximum Gasteiger partial charge on any atom is 0.330 e. The third kappa shape index (κ3) is 2.45. The number of hydrogen-bond acceptors (Lipinski definition) is 5. The van der Waals surface area contributed by atoms with Crippen molar-refractivity contribution in [3.05, 3.63) is 35.4 Å². The van der Waals surface area contributed by atoms with Gasteiger partial charge in [0.15, 0.2) is 5.60 Å². The molecule has 0 aromatic heterocycles. The summed E-state index contributed by atoms with van der Waals surface area (Å²) in [5.41, 5.74) is 0.684. The molecule has 0 unspecified atom stereocenters. The Morgan fingerprint density at radius 3 is 2.86 bits per heavy atom. The SMILES string of the molecule is COC(=O)/C=C/c1ccc2c(c1)C(=O)C1(CCNCC1)O2. The van der Waals surface area contributed by atoms with Crippen LogP contribution in [0, 0.1) is 0 Å². The van der Waals surface area contributed by atoms with E-state index < -0.39 is 11.6 Å². The molecule has 21 heavy (non-hydrogen) atoms. The first-order valence-electron chi connectivity index (χ1n) is 6.99. The van der Waals surface area contributed by atoms with Gasteiger partial charge in [-0.2, -0.15) is 0 Å². The Hall–Kier alpha value is -2.14. The fourth-order valence-electron chi connectivity index (χ4n) is 2.81. The molecular formula is C16H17NO4. The number of carbonyl (C=O) groups excluding carboxylic acids is 2. The number of Topliss-reactive ketones (excluding diaryl/α,β-unsaturated/α-hetero) is 1. The lowest BCUT2D eigenvalue weighted by Crippen LogP contribution is -2.49. The number of ether oxygens (including phenoxy) is 2. The molecule has 3 rings (SSSR count). The van der Waals surface area contributed by atoms with Crippen LogP contribution in [-0.2, 0) is 9.53 Å². The Morgan fingerprint density at radius 2 is 2.14 bits per heavy atom. The van der Waals surface area contributed by atoms with Gasteiger partial charge in [-0.15, -0.1) is 0 Å². The second-order valence-electron chi connectivity index (χ2n) is 5.29. The molecule has 0 saturated carbocycles. The van der Waals surface area contributed by atoms with Gasteiger partial charge >= 0.3 is 5.97 Å². The average Bonchev–Trinajstić information content (AvgIpc) is 2.78. The summed E-state index contributed by atoms with van der Waals surface area (Å²) in [6.45, 7) is 1.57. The quantitative estimate of drug-likeness (QED) is 0.661. The van der Waals surface area contributed by atoms with Gasteiger partial charge in [0, 0.05) is 18.9 Å². The van der Waals surface area contributed by atoms with Crippen LogP contribution in [0.15, 0.2) is 24.3 Å². The Kier molecular flexibility index (Phi) is 3.51. The van der Waals surface area contributed by atoms with Gasteiger partial charge in [0.2, 0.25) is 5.78 Å². The van der Waals surface area contributed by atoms with Gasteiger partial charge < -0.3 is 14.8 Å². The van der Waals surface area contributed by atoms with Crippen molar-refractivity contribution < 1.29 is 19.1 Å². The molecule has 2 heterocycles. The molecule has 5 nitrogen and oxygen atoms in total. The molecule has 1 aromatic rings. The van der Waals surface area contributed by atoms with E-state index in [1.807, 2.05) is 6.07 Å². The molecular weight excluding hydrogens is 270 g/mol. The van der Waals surface area contributed by atoms with Crippen LogP contribution in [0.25, 0.3) is 6.08 Å². The average molecular weight is 287 g/mol. The zero-order chi connectivity index (χ0) is 14.9. The number of fused-ring (bicyclic) bond motifs is 1. The maximum atomic E-state index is 12.7. The first-order valence-corrected chi connectivity index (χ1v) is 6.99. The molecule has 0 amide bonds. The number of piperidine rings is 1. The number of hydrogen-bond donors (Lipinski definition) is 1. The second-order valence-corrected chi connectivity index (χ2v) is 5.29. The standard InChI is InChI=1S/C16H17NO4/c1-20-14(18)5-3-11-2-4-13-12(10-11)15(19)16(21-13)6-8-17-9-7-16/h2-5,10,17H,6-9H2,1H3/b5-3+. The Labute approximate surface area is 122 Å². The fourth-order valence-corrected chi connectivity index (χ4v) is 2.81. The van der Waals surface area contributed by atoms with Gasteiger partial charge in [-0.05, 0) is 36.9 Å². The van der Waals surface area contributed by atoms with Gasteiger partial charge in [-0.25, -0.2) is 4.79 Å². The lowest BCUT2D eigenvalue weighted by atomic mass is 9.86. The van der Waals surface area contributed by atoms with E-state index >= 15 is 0 Å². The molecule has 1 fully saturated rings. The molecule has 110 valence electrons. The normalized spacial score (nSPS) is 19.6. The minimum Gasteiger partial charge on any atom is -0.478 e. The zero-order valence-electron chi connectivity index (χ0n) is 11.8. The molecule has 1 spiro atoms. The second kappa shape index (κ2) is 5.33. The Balaban J connectivity index is 1.87. The fraction of sp³-hybridized carbons (Fsp3) is 0.375. The summed E-state index contributed by atoms with van der Waals surface area (Å²) in [7, 11) is 1.33. The largest absolute Gasteiger partial charge is 0.478 e. The van der Waals surface area contributed by atoms with Crippen LogP contribution in [0.3, 0.4) is 0 Å². The number of rotatable bonds is 2. The number of benzene rings is 1. The van der Waals surface area contributed by atoms with Crippen molar-refractivity contribution in [3.63, 3.8) is 0 Å². The van der Waals surface area contributed by atoms with Crippen LogP contribution in [0.4, 0.5) is 0 Å². The molecule has 0 aliphatic carbocycles. The summed E-state index contributed by atoms with van der Waals surface area (Å²) in [4.78, 5) is 23.8. The Morgan fingerprint density at radius 1 is 1.38 bits per heavy atom. The van der Waals surface area contributed by atoms with Crippen molar-refractivity contribution in [3.8, 4) is 5.75 Å². The summed E-state index contributed by atoms with van der Waals surface area (Å²) >= 11 is 0. The van der Waals surface area contributed by atoms with Crippen LogP contribution in [-0.4, -0.2) is 37.6 Å². The molecule has 0 bridgehead atoms. The van der Waals surface area contributed by atoms with Crippen LogP contribution in [0.2, 0.25) is 0 Å². The van der Waals surface area contributed by atoms with Gasteiger partial charge in [-0.1, -0.05) is 6.07 Å². The highest BCUT2D eigenvalue weighted by Gasteiger charge is 2.48. The van der Waals surface area contributed by atoms with Crippen molar-refractivity contribution in [2.75, 3.05) is 20.2 Å². The van der Waals surface area contributed by atoms with E-state index in [9.17, 15) is 9.59 Å². The predicted molar refractivity (Wildman–Crippen MR) is 77.3 cm³/mol. The topological polar surface area (TPSA) is 64.6 Å². The number of methoxy groups -OCH3 is 1. The highest BCUT2D eigenvalue weighted by Crippen LogP contribution is 2.40. The Bertz CT molecular complexity index is 615. The first-order chi connectivity index (χ1) is 10.1. The van der Waals surface area contributed by atoms with Crippen molar-refractivity contribution in [1.29, 1.82) is 0 Å². The first kappa shape index (κ1) is 13.8. The third-order valence-corrected chi connectivity index (χ3v) is 3.99. The molecule has 1 N–H and O–H groups in total. The van der Waals surface area contributed by atoms with Crippen molar-refractivity contribution in [1.82, 2.24) is 5.32 Å². The highest BCUT2D eigenvalue weighted by atomic mass is 16.5. The van der Waals surface area contributed by atoms with Crippen molar-refractivity contribution >= 4 is 17.8 Å². The lowest BCUT2D eigenvalue weighted by Gasteiger charge is -2.31. The van der Waals surface area contributed by atoms with Crippen molar-refractivity contribution in [2.45, 2.75) is 18.4 Å². The molecule has 1 aromatic carbocycles. The van der Waals surface area contributed by atoms with Crippen molar-refractivity contribution in [2.24, 2.45) is 0 Å². The number of nitrogens with one attached hydrogen (secondary N) is 1. The van der Waals surface area contributed by atoms with Crippen LogP contribution in [0.5, 0.6) is 5.75 Å². The summed E-state index contributed by atoms with van der Waals surface area (Å²) in [5.74, 6) is 0.261. The van der Waals surface area contributed by atoms with E-state index in [0.717, 1.165) is 18.7 Å². The minimum atomic E-state index is -0.696. The van der Waals surface area contributed by atoms with E-state index in [4.69, 9.17) is 4.74 Å². The number of ketones is 1. The predicted octanol–water partition coefficient (Wildman–Crippen LogP) is 1.57. The summed E-state index contributed by atoms with van der Waals surface area (Å²) in [6.07, 6.45) is 4.34. The van der Waals surface area contributed by atoms with Gasteiger partial charge in [0.05, 0.1) is 12.7 Å². The van der Waals surface area contributed by atoms with E-state index in [2.05, 4.69) is 10.1 Å². The summed E-state index contributed by atoms with van der Waals surface area (Å²) in [5, 5.41) is 3.24. The van der Waals surface area contributed by atoms with Crippen LogP contribution < -0.4 is 10.1 Å². The van der Waals surface area contributed by atoms with Crippen LogP contribution in [0.1, 0.15) is 28.8 Å². The van der Waals surface area contributed by atoms with Gasteiger partial charge in [0.25, 0.3) is 0 Å². The highest BCUT2D eigenvalue weighted by molar-refractivity contribution is 6.08. The number of carbonyl (C=O) groups is 2. The summed E-state index contributed by atoms with van der Waals surface area (Å²) < 4.78 is 10.5. The smallest absolute Gasteiger partial charge is 0.330 e. The molecule has 0 atom stereocenters. The van der Waals surface area contributed by atoms with E-state index in [-0.39, 0.29) is 5.78 Å². The minimum absolute atomic E-state index is 0.0484. The molecule has 2 aliphatic heterocycles. The molecule has 2 aliphatic rings. The zero-order valence-corrected chi connectivity index (χ0v) is 11.8. The van der Waals surface area contributed by atoms with Gasteiger partial charge in [0.1, 0.15) is 5.75 Å². The number of esters is 1. The third-order valence-electron chi connectivity index (χ3n) is 3.99. The van der Waals surface area contributed by atoms with E-state index in [0.29, 0.717) is 24.2 Å². The maximum absolute atomic E-state index is 12.7. The summed E-state index contributed by atoms with van der Waals surface area (Å²) in [6, 6.07) is 5.39. The molecule has 0 radical (unpaired) electrons.